The van der Waals surface area contributed by atoms with Crippen LogP contribution in [0.25, 0.3) is 99.5 Å². The first-order chi connectivity index (χ1) is 30.2. The molecular weight excluding hydrogens is 737 g/mol. The van der Waals surface area contributed by atoms with Gasteiger partial charge < -0.3 is 9.13 Å². The SMILES string of the molecule is C=C/C=C\C.c1ccc(-c2ccc3c(c2)c2cc(-c4ccccc4)ccc2n3-c2cccc(-n3c4ccc(-c5ccccc5)cc4c4cc(-c5ccccc5)ccc43)c2)cc1. The molecule has 0 spiro atoms. The van der Waals surface area contributed by atoms with Crippen LogP contribution in [0, 0.1) is 0 Å². The van der Waals surface area contributed by atoms with E-state index < -0.39 is 0 Å². The van der Waals surface area contributed by atoms with Crippen molar-refractivity contribution in [3.63, 3.8) is 0 Å². The second-order valence-corrected chi connectivity index (χ2v) is 15.3. The number of aromatic nitrogens is 2. The summed E-state index contributed by atoms with van der Waals surface area (Å²) in [5.41, 5.74) is 16.7. The van der Waals surface area contributed by atoms with Crippen molar-refractivity contribution in [2.45, 2.75) is 6.92 Å². The summed E-state index contributed by atoms with van der Waals surface area (Å²) in [4.78, 5) is 0. The van der Waals surface area contributed by atoms with Crippen LogP contribution in [0.1, 0.15) is 6.92 Å². The van der Waals surface area contributed by atoms with Crippen LogP contribution in [0.5, 0.6) is 0 Å². The predicted octanol–water partition coefficient (Wildman–Crippen LogP) is 16.3. The van der Waals surface area contributed by atoms with Gasteiger partial charge in [-0.25, -0.2) is 0 Å². The quantitative estimate of drug-likeness (QED) is 0.143. The van der Waals surface area contributed by atoms with Crippen molar-refractivity contribution < 1.29 is 0 Å². The van der Waals surface area contributed by atoms with E-state index in [-0.39, 0.29) is 0 Å². The van der Waals surface area contributed by atoms with Gasteiger partial charge in [-0.1, -0.05) is 176 Å². The van der Waals surface area contributed by atoms with E-state index >= 15 is 0 Å². The average Bonchev–Trinajstić information content (AvgIpc) is 3.84. The summed E-state index contributed by atoms with van der Waals surface area (Å²) in [7, 11) is 0. The fourth-order valence-corrected chi connectivity index (χ4v) is 8.75. The number of nitrogens with zero attached hydrogens (tertiary/aromatic N) is 2. The van der Waals surface area contributed by atoms with Crippen molar-refractivity contribution in [2.75, 3.05) is 0 Å². The molecule has 0 aliphatic carbocycles. The number of fused-ring (bicyclic) bond motifs is 6. The van der Waals surface area contributed by atoms with Crippen LogP contribution in [0.15, 0.2) is 243 Å². The van der Waals surface area contributed by atoms with Gasteiger partial charge in [-0.2, -0.15) is 0 Å². The Hall–Kier alpha value is -7.94. The first-order valence-electron chi connectivity index (χ1n) is 20.9. The minimum atomic E-state index is 1.12. The molecule has 0 radical (unpaired) electrons. The van der Waals surface area contributed by atoms with Gasteiger partial charge in [0.05, 0.1) is 22.1 Å². The highest BCUT2D eigenvalue weighted by atomic mass is 15.0. The Morgan fingerprint density at radius 1 is 0.311 bits per heavy atom. The van der Waals surface area contributed by atoms with Crippen molar-refractivity contribution in [1.29, 1.82) is 0 Å². The first-order valence-corrected chi connectivity index (χ1v) is 20.9. The molecule has 290 valence electrons. The molecule has 0 saturated carbocycles. The molecule has 0 saturated heterocycles. The third-order valence-electron chi connectivity index (χ3n) is 11.6. The van der Waals surface area contributed by atoms with E-state index in [1.54, 1.807) is 6.08 Å². The summed E-state index contributed by atoms with van der Waals surface area (Å²) in [6.07, 6.45) is 5.58. The van der Waals surface area contributed by atoms with Gasteiger partial charge in [0.25, 0.3) is 0 Å². The number of allylic oxidation sites excluding steroid dienone is 3. The molecule has 2 aromatic heterocycles. The molecule has 11 rings (SSSR count). The maximum atomic E-state index is 3.46. The van der Waals surface area contributed by atoms with Crippen molar-refractivity contribution in [3.8, 4) is 55.9 Å². The summed E-state index contributed by atoms with van der Waals surface area (Å²) < 4.78 is 4.87. The molecule has 0 unspecified atom stereocenters. The van der Waals surface area contributed by atoms with Crippen molar-refractivity contribution in [1.82, 2.24) is 9.13 Å². The van der Waals surface area contributed by atoms with Gasteiger partial charge in [0.1, 0.15) is 0 Å². The highest BCUT2D eigenvalue weighted by Crippen LogP contribution is 2.40. The van der Waals surface area contributed by atoms with Gasteiger partial charge in [-0.3, -0.25) is 0 Å². The van der Waals surface area contributed by atoms with Crippen LogP contribution in [0.3, 0.4) is 0 Å². The van der Waals surface area contributed by atoms with Gasteiger partial charge in [0.15, 0.2) is 0 Å². The van der Waals surface area contributed by atoms with E-state index in [0.29, 0.717) is 0 Å². The highest BCUT2D eigenvalue weighted by Gasteiger charge is 2.18. The number of hydrogen-bond acceptors (Lipinski definition) is 0. The first kappa shape index (κ1) is 37.3. The third-order valence-corrected chi connectivity index (χ3v) is 11.6. The third kappa shape index (κ3) is 7.05. The Kier molecular flexibility index (Phi) is 10.0. The van der Waals surface area contributed by atoms with Crippen LogP contribution < -0.4 is 0 Å². The molecule has 0 aliphatic rings. The molecular formula is C59H44N2. The standard InChI is InChI=1S/C54H36N2.C5H8/c1-5-14-37(15-6-1)41-24-28-51-47(32-41)48-33-42(38-16-7-2-8-17-38)25-29-52(48)55(51)45-22-13-23-46(36-45)56-53-30-26-43(39-18-9-3-10-19-39)34-49(53)50-35-44(27-31-54(50)56)40-20-11-4-12-21-40;1-3-5-4-2/h1-36H;3-5H,1H2,2H3/b;5-4-. The number of hydrogen-bond donors (Lipinski definition) is 0. The molecule has 2 heteroatoms. The van der Waals surface area contributed by atoms with E-state index in [2.05, 4.69) is 234 Å². The molecule has 0 amide bonds. The van der Waals surface area contributed by atoms with Crippen LogP contribution in [-0.2, 0) is 0 Å². The normalized spacial score (nSPS) is 11.4. The lowest BCUT2D eigenvalue weighted by Gasteiger charge is -2.13. The Morgan fingerprint density at radius 2 is 0.607 bits per heavy atom. The Labute approximate surface area is 357 Å². The maximum Gasteiger partial charge on any atom is 0.0541 e. The topological polar surface area (TPSA) is 9.86 Å². The van der Waals surface area contributed by atoms with Crippen molar-refractivity contribution in [2.24, 2.45) is 0 Å². The maximum absolute atomic E-state index is 3.46. The van der Waals surface area contributed by atoms with Crippen LogP contribution in [0.2, 0.25) is 0 Å². The Bertz CT molecular complexity index is 2940. The van der Waals surface area contributed by atoms with Crippen molar-refractivity contribution >= 4 is 43.6 Å². The summed E-state index contributed by atoms with van der Waals surface area (Å²) in [5, 5.41) is 4.96. The van der Waals surface area contributed by atoms with Crippen LogP contribution in [-0.4, -0.2) is 9.13 Å². The van der Waals surface area contributed by atoms with Crippen LogP contribution >= 0.6 is 0 Å². The lowest BCUT2D eigenvalue weighted by molar-refractivity contribution is 1.13. The fourth-order valence-electron chi connectivity index (χ4n) is 8.75. The number of rotatable bonds is 7. The van der Waals surface area contributed by atoms with Crippen LogP contribution in [0.4, 0.5) is 0 Å². The van der Waals surface area contributed by atoms with Gasteiger partial charge >= 0.3 is 0 Å². The molecule has 9 aromatic carbocycles. The van der Waals surface area contributed by atoms with Crippen molar-refractivity contribution in [3.05, 3.63) is 243 Å². The van der Waals surface area contributed by atoms with E-state index in [4.69, 9.17) is 0 Å². The second-order valence-electron chi connectivity index (χ2n) is 15.3. The van der Waals surface area contributed by atoms with E-state index in [1.807, 2.05) is 19.1 Å². The molecule has 0 fully saturated rings. The van der Waals surface area contributed by atoms with Gasteiger partial charge in [0.2, 0.25) is 0 Å². The lowest BCUT2D eigenvalue weighted by Crippen LogP contribution is -1.98. The minimum Gasteiger partial charge on any atom is -0.309 e. The number of benzene rings is 9. The molecule has 0 atom stereocenters. The summed E-state index contributed by atoms with van der Waals surface area (Å²) in [6.45, 7) is 5.42. The minimum absolute atomic E-state index is 1.12. The van der Waals surface area contributed by atoms with E-state index in [0.717, 1.165) is 11.4 Å². The smallest absolute Gasteiger partial charge is 0.0541 e. The zero-order valence-corrected chi connectivity index (χ0v) is 34.1. The molecule has 0 bridgehead atoms. The molecule has 11 aromatic rings. The zero-order chi connectivity index (χ0) is 41.1. The largest absolute Gasteiger partial charge is 0.309 e. The fraction of sp³-hybridized carbons (Fsp3) is 0.0169. The average molecular weight is 781 g/mol. The summed E-state index contributed by atoms with van der Waals surface area (Å²) >= 11 is 0. The summed E-state index contributed by atoms with van der Waals surface area (Å²) in [5.74, 6) is 0. The lowest BCUT2D eigenvalue weighted by atomic mass is 10.0. The van der Waals surface area contributed by atoms with Gasteiger partial charge in [-0.15, -0.1) is 0 Å². The molecule has 0 aliphatic heterocycles. The second kappa shape index (κ2) is 16.4. The summed E-state index contributed by atoms with van der Waals surface area (Å²) in [6, 6.07) is 79.5. The predicted molar refractivity (Wildman–Crippen MR) is 262 cm³/mol. The molecule has 0 N–H and O–H groups in total. The molecule has 2 heterocycles. The van der Waals surface area contributed by atoms with E-state index in [1.165, 1.54) is 88.1 Å². The highest BCUT2D eigenvalue weighted by molar-refractivity contribution is 6.13. The van der Waals surface area contributed by atoms with E-state index in [9.17, 15) is 0 Å². The molecule has 2 nitrogen and oxygen atoms in total. The van der Waals surface area contributed by atoms with Gasteiger partial charge in [-0.05, 0) is 118 Å². The van der Waals surface area contributed by atoms with Gasteiger partial charge in [0, 0.05) is 32.9 Å². The Morgan fingerprint density at radius 3 is 0.852 bits per heavy atom. The Balaban J connectivity index is 0.000000845. The monoisotopic (exact) mass is 780 g/mol. The molecule has 61 heavy (non-hydrogen) atoms. The zero-order valence-electron chi connectivity index (χ0n) is 34.1.